The van der Waals surface area contributed by atoms with E-state index in [0.717, 1.165) is 37.0 Å². The molecule has 0 N–H and O–H groups in total. The molecule has 0 spiro atoms. The van der Waals surface area contributed by atoms with Crippen molar-refractivity contribution in [1.29, 1.82) is 0 Å². The number of aromatic nitrogens is 4. The third-order valence-corrected chi connectivity index (χ3v) is 3.95. The maximum atomic E-state index is 5.96. The van der Waals surface area contributed by atoms with Gasteiger partial charge in [-0.05, 0) is 6.92 Å². The third-order valence-electron chi connectivity index (χ3n) is 3.95. The van der Waals surface area contributed by atoms with Crippen molar-refractivity contribution in [3.8, 4) is 0 Å². The topological polar surface area (TPSA) is 59.3 Å². The van der Waals surface area contributed by atoms with Gasteiger partial charge in [-0.2, -0.15) is 5.10 Å². The van der Waals surface area contributed by atoms with Crippen molar-refractivity contribution < 1.29 is 4.74 Å². The van der Waals surface area contributed by atoms with E-state index in [1.54, 1.807) is 0 Å². The fourth-order valence-electron chi connectivity index (χ4n) is 2.81. The Kier molecular flexibility index (Phi) is 4.58. The van der Waals surface area contributed by atoms with Crippen molar-refractivity contribution in [3.05, 3.63) is 35.5 Å². The molecule has 0 aromatic carbocycles. The van der Waals surface area contributed by atoms with Gasteiger partial charge in [0.2, 0.25) is 0 Å². The molecule has 0 amide bonds. The first-order chi connectivity index (χ1) is 11.0. The lowest BCUT2D eigenvalue weighted by Gasteiger charge is -2.32. The number of ether oxygens (including phenoxy) is 1. The fourth-order valence-corrected chi connectivity index (χ4v) is 2.81. The van der Waals surface area contributed by atoms with Crippen LogP contribution in [0, 0.1) is 6.92 Å². The molecule has 0 bridgehead atoms. The van der Waals surface area contributed by atoms with Crippen LogP contribution in [0.2, 0.25) is 0 Å². The van der Waals surface area contributed by atoms with Crippen LogP contribution in [0.5, 0.6) is 0 Å². The molecule has 3 rings (SSSR count). The van der Waals surface area contributed by atoms with Crippen molar-refractivity contribution in [2.75, 3.05) is 38.7 Å². The van der Waals surface area contributed by atoms with Crippen molar-refractivity contribution in [1.82, 2.24) is 24.6 Å². The molecule has 1 saturated heterocycles. The van der Waals surface area contributed by atoms with Crippen molar-refractivity contribution in [2.24, 2.45) is 7.05 Å². The minimum atomic E-state index is -0.0131. The monoisotopic (exact) mass is 316 g/mol. The van der Waals surface area contributed by atoms with Gasteiger partial charge in [0.1, 0.15) is 17.7 Å². The van der Waals surface area contributed by atoms with Crippen LogP contribution in [-0.4, -0.2) is 58.4 Å². The molecule has 1 atom stereocenters. The van der Waals surface area contributed by atoms with E-state index in [4.69, 9.17) is 4.74 Å². The molecule has 23 heavy (non-hydrogen) atoms. The molecule has 1 aliphatic heterocycles. The average Bonchev–Trinajstić information content (AvgIpc) is 2.92. The number of morpholine rings is 1. The highest BCUT2D eigenvalue weighted by molar-refractivity contribution is 5.38. The van der Waals surface area contributed by atoms with E-state index in [1.165, 1.54) is 5.56 Å². The van der Waals surface area contributed by atoms with Crippen LogP contribution in [0.1, 0.15) is 23.2 Å². The van der Waals surface area contributed by atoms with Gasteiger partial charge in [-0.1, -0.05) is 0 Å². The molecular weight excluding hydrogens is 292 g/mol. The molecule has 0 saturated carbocycles. The molecule has 0 radical (unpaired) electrons. The Hall–Kier alpha value is -1.99. The van der Waals surface area contributed by atoms with E-state index in [9.17, 15) is 0 Å². The predicted octanol–water partition coefficient (Wildman–Crippen LogP) is 1.16. The van der Waals surface area contributed by atoms with Gasteiger partial charge in [-0.15, -0.1) is 0 Å². The van der Waals surface area contributed by atoms with Gasteiger partial charge in [0.15, 0.2) is 0 Å². The summed E-state index contributed by atoms with van der Waals surface area (Å²) in [5, 5.41) is 4.23. The zero-order valence-electron chi connectivity index (χ0n) is 14.2. The Labute approximate surface area is 136 Å². The van der Waals surface area contributed by atoms with E-state index in [0.29, 0.717) is 6.61 Å². The zero-order valence-corrected chi connectivity index (χ0v) is 14.2. The smallest absolute Gasteiger partial charge is 0.132 e. The SMILES string of the molecule is Cc1nc([C@@H]2CN(Cc3cnn(C)c3)CCO2)cc(N(C)C)n1. The van der Waals surface area contributed by atoms with Crippen molar-refractivity contribution in [3.63, 3.8) is 0 Å². The number of rotatable bonds is 4. The quantitative estimate of drug-likeness (QED) is 0.843. The van der Waals surface area contributed by atoms with E-state index in [-0.39, 0.29) is 6.10 Å². The molecule has 124 valence electrons. The molecule has 1 fully saturated rings. The van der Waals surface area contributed by atoms with E-state index >= 15 is 0 Å². The summed E-state index contributed by atoms with van der Waals surface area (Å²) < 4.78 is 7.79. The lowest BCUT2D eigenvalue weighted by molar-refractivity contribution is -0.0351. The highest BCUT2D eigenvalue weighted by Crippen LogP contribution is 2.24. The minimum absolute atomic E-state index is 0.0131. The van der Waals surface area contributed by atoms with Gasteiger partial charge in [-0.3, -0.25) is 9.58 Å². The highest BCUT2D eigenvalue weighted by Gasteiger charge is 2.24. The number of hydrogen-bond acceptors (Lipinski definition) is 6. The normalized spacial score (nSPS) is 19.0. The molecular formula is C16H24N6O. The summed E-state index contributed by atoms with van der Waals surface area (Å²) in [6.07, 6.45) is 3.97. The first kappa shape index (κ1) is 15.9. The summed E-state index contributed by atoms with van der Waals surface area (Å²) in [4.78, 5) is 13.4. The number of anilines is 1. The van der Waals surface area contributed by atoms with Gasteiger partial charge >= 0.3 is 0 Å². The van der Waals surface area contributed by atoms with E-state index in [1.807, 2.05) is 49.9 Å². The third kappa shape index (κ3) is 3.86. The average molecular weight is 316 g/mol. The van der Waals surface area contributed by atoms with E-state index < -0.39 is 0 Å². The largest absolute Gasteiger partial charge is 0.369 e. The summed E-state index contributed by atoms with van der Waals surface area (Å²) in [5.74, 6) is 1.69. The fraction of sp³-hybridized carbons (Fsp3) is 0.562. The van der Waals surface area contributed by atoms with Crippen LogP contribution in [0.25, 0.3) is 0 Å². The molecule has 1 aliphatic rings. The summed E-state index contributed by atoms with van der Waals surface area (Å²) >= 11 is 0. The summed E-state index contributed by atoms with van der Waals surface area (Å²) in [5.41, 5.74) is 2.18. The molecule has 3 heterocycles. The zero-order chi connectivity index (χ0) is 16.4. The first-order valence-corrected chi connectivity index (χ1v) is 7.85. The van der Waals surface area contributed by atoms with Crippen molar-refractivity contribution in [2.45, 2.75) is 19.6 Å². The highest BCUT2D eigenvalue weighted by atomic mass is 16.5. The minimum Gasteiger partial charge on any atom is -0.369 e. The summed E-state index contributed by atoms with van der Waals surface area (Å²) in [7, 11) is 5.92. The first-order valence-electron chi connectivity index (χ1n) is 7.85. The molecule has 7 nitrogen and oxygen atoms in total. The Morgan fingerprint density at radius 1 is 1.35 bits per heavy atom. The van der Waals surface area contributed by atoms with Gasteiger partial charge in [0.25, 0.3) is 0 Å². The predicted molar refractivity (Wildman–Crippen MR) is 88.3 cm³/mol. The Bertz CT molecular complexity index is 668. The molecule has 2 aromatic rings. The molecule has 0 aliphatic carbocycles. The summed E-state index contributed by atoms with van der Waals surface area (Å²) in [6, 6.07) is 2.02. The Morgan fingerprint density at radius 3 is 2.87 bits per heavy atom. The number of aryl methyl sites for hydroxylation is 2. The molecule has 2 aromatic heterocycles. The lowest BCUT2D eigenvalue weighted by Crippen LogP contribution is -2.38. The van der Waals surface area contributed by atoms with Crippen LogP contribution < -0.4 is 4.90 Å². The lowest BCUT2D eigenvalue weighted by atomic mass is 10.1. The summed E-state index contributed by atoms with van der Waals surface area (Å²) in [6.45, 7) is 5.28. The Balaban J connectivity index is 1.73. The van der Waals surface area contributed by atoms with Crippen LogP contribution in [-0.2, 0) is 18.3 Å². The standard InChI is InChI=1S/C16H24N6O/c1-12-18-14(7-16(19-12)20(2)3)15-11-22(5-6-23-15)10-13-8-17-21(4)9-13/h7-9,15H,5-6,10-11H2,1-4H3/t15-/m0/s1. The van der Waals surface area contributed by atoms with Crippen LogP contribution >= 0.6 is 0 Å². The van der Waals surface area contributed by atoms with Crippen LogP contribution in [0.15, 0.2) is 18.5 Å². The second-order valence-electron chi connectivity index (χ2n) is 6.21. The van der Waals surface area contributed by atoms with Crippen LogP contribution in [0.3, 0.4) is 0 Å². The molecule has 7 heteroatoms. The van der Waals surface area contributed by atoms with Gasteiger partial charge < -0.3 is 9.64 Å². The van der Waals surface area contributed by atoms with Crippen LogP contribution in [0.4, 0.5) is 5.82 Å². The van der Waals surface area contributed by atoms with Gasteiger partial charge in [0, 0.05) is 58.6 Å². The van der Waals surface area contributed by atoms with Gasteiger partial charge in [0.05, 0.1) is 18.5 Å². The number of nitrogens with zero attached hydrogens (tertiary/aromatic N) is 6. The second kappa shape index (κ2) is 6.64. The van der Waals surface area contributed by atoms with Gasteiger partial charge in [-0.25, -0.2) is 9.97 Å². The maximum Gasteiger partial charge on any atom is 0.132 e. The second-order valence-corrected chi connectivity index (χ2v) is 6.21. The number of hydrogen-bond donors (Lipinski definition) is 0. The van der Waals surface area contributed by atoms with E-state index in [2.05, 4.69) is 26.2 Å². The Morgan fingerprint density at radius 2 is 2.17 bits per heavy atom. The molecule has 0 unspecified atom stereocenters. The van der Waals surface area contributed by atoms with Crippen molar-refractivity contribution >= 4 is 5.82 Å². The maximum absolute atomic E-state index is 5.96.